The lowest BCUT2D eigenvalue weighted by molar-refractivity contribution is -0.0498. The number of Topliss-reactive ketones (excluding diaryl/α,β-unsaturated/α-hetero) is 1. The van der Waals surface area contributed by atoms with Crippen LogP contribution in [0.25, 0.3) is 17.1 Å². The van der Waals surface area contributed by atoms with E-state index in [1.165, 1.54) is 30.3 Å². The molecule has 0 bridgehead atoms. The molecule has 2 atom stereocenters. The normalized spacial score (nSPS) is 17.5. The molecular formula is C29H31F2N5O2S. The Morgan fingerprint density at radius 1 is 1.13 bits per heavy atom. The van der Waals surface area contributed by atoms with Gasteiger partial charge in [-0.05, 0) is 75.1 Å². The number of halogens is 2. The van der Waals surface area contributed by atoms with E-state index in [1.807, 2.05) is 36.6 Å². The molecule has 10 heteroatoms. The number of hydrogen-bond acceptors (Lipinski definition) is 6. The number of aryl methyl sites for hydroxylation is 1. The summed E-state index contributed by atoms with van der Waals surface area (Å²) in [6.45, 7) is 3.21. The summed E-state index contributed by atoms with van der Waals surface area (Å²) in [5, 5.41) is 9.78. The lowest BCUT2D eigenvalue weighted by Crippen LogP contribution is -2.22. The van der Waals surface area contributed by atoms with E-state index in [9.17, 15) is 13.6 Å². The van der Waals surface area contributed by atoms with Gasteiger partial charge in [-0.15, -0.1) is 10.2 Å². The highest BCUT2D eigenvalue weighted by molar-refractivity contribution is 7.99. The molecule has 1 fully saturated rings. The molecule has 4 aromatic rings. The van der Waals surface area contributed by atoms with Gasteiger partial charge in [0.25, 0.3) is 0 Å². The maximum Gasteiger partial charge on any atom is 0.387 e. The van der Waals surface area contributed by atoms with Gasteiger partial charge in [-0.2, -0.15) is 8.78 Å². The van der Waals surface area contributed by atoms with E-state index < -0.39 is 6.61 Å². The monoisotopic (exact) mass is 551 g/mol. The number of rotatable bonds is 9. The molecule has 0 saturated heterocycles. The molecule has 1 saturated carbocycles. The molecule has 0 N–H and O–H groups in total. The lowest BCUT2D eigenvalue weighted by atomic mass is 9.85. The minimum Gasteiger partial charge on any atom is -0.435 e. The van der Waals surface area contributed by atoms with Gasteiger partial charge in [-0.25, -0.2) is 0 Å². The summed E-state index contributed by atoms with van der Waals surface area (Å²) in [5.74, 6) is 1.57. The summed E-state index contributed by atoms with van der Waals surface area (Å²) in [7, 11) is 0. The van der Waals surface area contributed by atoms with Crippen molar-refractivity contribution in [2.75, 3.05) is 5.75 Å². The minimum atomic E-state index is -2.87. The molecule has 204 valence electrons. The quantitative estimate of drug-likeness (QED) is 0.164. The predicted molar refractivity (Wildman–Crippen MR) is 147 cm³/mol. The second-order valence-corrected chi connectivity index (χ2v) is 10.9. The Balaban J connectivity index is 1.38. The SMILES string of the molecule is Cc1cc(C(=O)CSc2nnc(-c3cccnc3)n2C2CCCCC2C)c(C)n1-c1ccc(OC(F)F)cc1. The zero-order chi connectivity index (χ0) is 27.5. The Hall–Kier alpha value is -3.53. The molecule has 7 nitrogen and oxygen atoms in total. The molecule has 5 rings (SSSR count). The molecule has 0 radical (unpaired) electrons. The van der Waals surface area contributed by atoms with Crippen molar-refractivity contribution in [3.63, 3.8) is 0 Å². The van der Waals surface area contributed by atoms with E-state index in [0.717, 1.165) is 52.9 Å². The third-order valence-corrected chi connectivity index (χ3v) is 8.31. The van der Waals surface area contributed by atoms with Crippen LogP contribution in [0.2, 0.25) is 0 Å². The zero-order valence-electron chi connectivity index (χ0n) is 22.2. The number of nitrogens with zero attached hydrogens (tertiary/aromatic N) is 5. The number of alkyl halides is 2. The maximum absolute atomic E-state index is 13.4. The highest BCUT2D eigenvalue weighted by atomic mass is 32.2. The maximum atomic E-state index is 13.4. The van der Waals surface area contributed by atoms with Crippen LogP contribution in [-0.2, 0) is 0 Å². The van der Waals surface area contributed by atoms with E-state index in [0.29, 0.717) is 11.5 Å². The van der Waals surface area contributed by atoms with Crippen molar-refractivity contribution in [1.29, 1.82) is 0 Å². The zero-order valence-corrected chi connectivity index (χ0v) is 23.0. The number of thioether (sulfide) groups is 1. The lowest BCUT2D eigenvalue weighted by Gasteiger charge is -2.31. The van der Waals surface area contributed by atoms with Gasteiger partial charge < -0.3 is 9.30 Å². The van der Waals surface area contributed by atoms with Gasteiger partial charge in [0.05, 0.1) is 5.75 Å². The second-order valence-electron chi connectivity index (χ2n) is 9.95. The van der Waals surface area contributed by atoms with Crippen LogP contribution in [0.15, 0.2) is 60.0 Å². The molecule has 1 aliphatic carbocycles. The van der Waals surface area contributed by atoms with Crippen LogP contribution < -0.4 is 4.74 Å². The van der Waals surface area contributed by atoms with Gasteiger partial charge in [-0.1, -0.05) is 31.5 Å². The molecule has 3 heterocycles. The number of hydrogen-bond donors (Lipinski definition) is 0. The van der Waals surface area contributed by atoms with Crippen LogP contribution in [0.1, 0.15) is 60.4 Å². The number of pyridine rings is 1. The number of benzene rings is 1. The van der Waals surface area contributed by atoms with Crippen LogP contribution in [0.3, 0.4) is 0 Å². The number of carbonyl (C=O) groups excluding carboxylic acids is 1. The van der Waals surface area contributed by atoms with Crippen LogP contribution in [0.5, 0.6) is 5.75 Å². The number of ether oxygens (including phenoxy) is 1. The summed E-state index contributed by atoms with van der Waals surface area (Å²) >= 11 is 1.41. The molecule has 3 aromatic heterocycles. The van der Waals surface area contributed by atoms with Gasteiger partial charge in [0, 0.05) is 46.6 Å². The summed E-state index contributed by atoms with van der Waals surface area (Å²) in [5.41, 5.74) is 3.97. The number of aromatic nitrogens is 5. The van der Waals surface area contributed by atoms with Crippen molar-refractivity contribution in [3.8, 4) is 22.8 Å². The van der Waals surface area contributed by atoms with Crippen molar-refractivity contribution < 1.29 is 18.3 Å². The Morgan fingerprint density at radius 2 is 1.90 bits per heavy atom. The average molecular weight is 552 g/mol. The van der Waals surface area contributed by atoms with Crippen molar-refractivity contribution in [2.24, 2.45) is 5.92 Å². The summed E-state index contributed by atoms with van der Waals surface area (Å²) in [6, 6.07) is 12.4. The first-order chi connectivity index (χ1) is 18.8. The highest BCUT2D eigenvalue weighted by Crippen LogP contribution is 2.39. The van der Waals surface area contributed by atoms with Gasteiger partial charge in [0.1, 0.15) is 5.75 Å². The first kappa shape index (κ1) is 27.1. The Labute approximate surface area is 230 Å². The Morgan fingerprint density at radius 3 is 2.59 bits per heavy atom. The highest BCUT2D eigenvalue weighted by Gasteiger charge is 2.29. The van der Waals surface area contributed by atoms with E-state index in [4.69, 9.17) is 0 Å². The molecule has 0 amide bonds. The second kappa shape index (κ2) is 11.7. The van der Waals surface area contributed by atoms with Crippen molar-refractivity contribution in [2.45, 2.75) is 64.3 Å². The fraction of sp³-hybridized carbons (Fsp3) is 0.379. The molecule has 39 heavy (non-hydrogen) atoms. The topological polar surface area (TPSA) is 74.8 Å². The third kappa shape index (κ3) is 5.75. The largest absolute Gasteiger partial charge is 0.435 e. The van der Waals surface area contributed by atoms with Crippen LogP contribution in [-0.4, -0.2) is 42.5 Å². The van der Waals surface area contributed by atoms with Crippen LogP contribution >= 0.6 is 11.8 Å². The fourth-order valence-electron chi connectivity index (χ4n) is 5.47. The van der Waals surface area contributed by atoms with Gasteiger partial charge in [-0.3, -0.25) is 14.3 Å². The van der Waals surface area contributed by atoms with Gasteiger partial charge >= 0.3 is 6.61 Å². The Kier molecular flexibility index (Phi) is 8.11. The van der Waals surface area contributed by atoms with E-state index in [-0.39, 0.29) is 23.3 Å². The molecule has 0 aliphatic heterocycles. The Bertz CT molecular complexity index is 1440. The van der Waals surface area contributed by atoms with Crippen molar-refractivity contribution in [3.05, 3.63) is 71.8 Å². The van der Waals surface area contributed by atoms with E-state index >= 15 is 0 Å². The summed E-state index contributed by atoms with van der Waals surface area (Å²) in [6.07, 6.45) is 8.12. The standard InChI is InChI=1S/C29H31F2N5O2S/c1-18-7-4-5-9-25(18)36-27(21-8-6-14-32-16-21)33-34-29(36)39-17-26(37)24-15-19(2)35(20(24)3)22-10-12-23(13-11-22)38-28(30)31/h6,8,10-16,18,25,28H,4-5,7,9,17H2,1-3H3. The molecule has 0 spiro atoms. The average Bonchev–Trinajstić information content (AvgIpc) is 3.48. The molecule has 2 unspecified atom stereocenters. The van der Waals surface area contributed by atoms with Gasteiger partial charge in [0.15, 0.2) is 16.8 Å². The predicted octanol–water partition coefficient (Wildman–Crippen LogP) is 7.08. The van der Waals surface area contributed by atoms with E-state index in [2.05, 4.69) is 31.4 Å². The van der Waals surface area contributed by atoms with E-state index in [1.54, 1.807) is 24.5 Å². The van der Waals surface area contributed by atoms with Crippen molar-refractivity contribution >= 4 is 17.5 Å². The van der Waals surface area contributed by atoms with Crippen molar-refractivity contribution in [1.82, 2.24) is 24.3 Å². The molecule has 1 aliphatic rings. The first-order valence-electron chi connectivity index (χ1n) is 13.1. The molecular weight excluding hydrogens is 520 g/mol. The molecule has 1 aromatic carbocycles. The first-order valence-corrected chi connectivity index (χ1v) is 14.1. The minimum absolute atomic E-state index is 0.00817. The number of carbonyl (C=O) groups is 1. The fourth-order valence-corrected chi connectivity index (χ4v) is 6.35. The summed E-state index contributed by atoms with van der Waals surface area (Å²) < 4.78 is 33.6. The smallest absolute Gasteiger partial charge is 0.387 e. The van der Waals surface area contributed by atoms with Crippen LogP contribution in [0.4, 0.5) is 8.78 Å². The number of ketones is 1. The third-order valence-electron chi connectivity index (χ3n) is 7.37. The summed E-state index contributed by atoms with van der Waals surface area (Å²) in [4.78, 5) is 17.7. The van der Waals surface area contributed by atoms with Crippen LogP contribution in [0, 0.1) is 19.8 Å². The van der Waals surface area contributed by atoms with Gasteiger partial charge in [0.2, 0.25) is 0 Å².